The molecule has 1 N–H and O–H groups in total. The van der Waals surface area contributed by atoms with Crippen molar-refractivity contribution in [3.8, 4) is 0 Å². The number of nitrogens with one attached hydrogen (secondary N) is 1. The minimum atomic E-state index is 0.178. The van der Waals surface area contributed by atoms with Crippen LogP contribution in [0.2, 0.25) is 0 Å². The summed E-state index contributed by atoms with van der Waals surface area (Å²) in [5.74, 6) is 0.951. The minimum Gasteiger partial charge on any atom is -0.359 e. The lowest BCUT2D eigenvalue weighted by Gasteiger charge is -2.41. The first-order chi connectivity index (χ1) is 5.99. The maximum absolute atomic E-state index is 11.7. The van der Waals surface area contributed by atoms with E-state index in [4.69, 9.17) is 0 Å². The second kappa shape index (κ2) is 3.69. The van der Waals surface area contributed by atoms with Crippen LogP contribution in [0.4, 0.5) is 0 Å². The van der Waals surface area contributed by atoms with Gasteiger partial charge >= 0.3 is 0 Å². The second-order valence-corrected chi connectivity index (χ2v) is 4.95. The summed E-state index contributed by atoms with van der Waals surface area (Å²) in [6.45, 7) is 6.62. The molecule has 0 bridgehead atoms. The van der Waals surface area contributed by atoms with Crippen molar-refractivity contribution in [2.75, 3.05) is 7.05 Å². The number of amides is 1. The Morgan fingerprint density at radius 2 is 2.08 bits per heavy atom. The molecule has 2 heteroatoms. The number of hydrogen-bond acceptors (Lipinski definition) is 1. The van der Waals surface area contributed by atoms with E-state index in [1.54, 1.807) is 7.05 Å². The molecule has 1 saturated carbocycles. The largest absolute Gasteiger partial charge is 0.359 e. The van der Waals surface area contributed by atoms with Gasteiger partial charge in [-0.25, -0.2) is 0 Å². The van der Waals surface area contributed by atoms with Crippen molar-refractivity contribution < 1.29 is 4.79 Å². The van der Waals surface area contributed by atoms with E-state index >= 15 is 0 Å². The molecule has 0 aromatic heterocycles. The summed E-state index contributed by atoms with van der Waals surface area (Å²) in [6, 6.07) is 0. The van der Waals surface area contributed by atoms with Gasteiger partial charge in [-0.05, 0) is 24.2 Å². The molecule has 76 valence electrons. The fraction of sp³-hybridized carbons (Fsp3) is 0.909. The van der Waals surface area contributed by atoms with Crippen LogP contribution in [-0.2, 0) is 4.79 Å². The molecule has 0 aromatic rings. The number of carbonyl (C=O) groups is 1. The van der Waals surface area contributed by atoms with Crippen molar-refractivity contribution >= 4 is 5.91 Å². The van der Waals surface area contributed by atoms with E-state index < -0.39 is 0 Å². The molecule has 1 aliphatic carbocycles. The van der Waals surface area contributed by atoms with Gasteiger partial charge < -0.3 is 5.32 Å². The van der Waals surface area contributed by atoms with Crippen molar-refractivity contribution in [2.24, 2.45) is 17.3 Å². The van der Waals surface area contributed by atoms with Crippen molar-refractivity contribution in [2.45, 2.75) is 40.0 Å². The molecule has 2 nitrogen and oxygen atoms in total. The molecule has 13 heavy (non-hydrogen) atoms. The minimum absolute atomic E-state index is 0.178. The van der Waals surface area contributed by atoms with Crippen LogP contribution in [0.3, 0.4) is 0 Å². The lowest BCUT2D eigenvalue weighted by atomic mass is 9.64. The lowest BCUT2D eigenvalue weighted by molar-refractivity contribution is -0.132. The van der Waals surface area contributed by atoms with Gasteiger partial charge in [-0.2, -0.15) is 0 Å². The first-order valence-electron chi connectivity index (χ1n) is 5.20. The molecule has 0 spiro atoms. The number of carbonyl (C=O) groups excluding carboxylic acids is 1. The summed E-state index contributed by atoms with van der Waals surface area (Å²) in [5.41, 5.74) is 0.178. The Balaban J connectivity index is 2.80. The third-order valence-electron chi connectivity index (χ3n) is 3.42. The monoisotopic (exact) mass is 183 g/mol. The maximum atomic E-state index is 11.7. The van der Waals surface area contributed by atoms with Gasteiger partial charge in [0, 0.05) is 13.0 Å². The highest BCUT2D eigenvalue weighted by molar-refractivity contribution is 5.79. The van der Waals surface area contributed by atoms with Crippen molar-refractivity contribution in [1.29, 1.82) is 0 Å². The highest BCUT2D eigenvalue weighted by Crippen LogP contribution is 2.43. The molecule has 0 heterocycles. The normalized spacial score (nSPS) is 32.6. The van der Waals surface area contributed by atoms with Gasteiger partial charge in [-0.3, -0.25) is 4.79 Å². The average molecular weight is 183 g/mol. The van der Waals surface area contributed by atoms with E-state index in [9.17, 15) is 4.79 Å². The SMILES string of the molecule is CNC(=O)C1[C@@H](C)CCCC1(C)C. The maximum Gasteiger partial charge on any atom is 0.223 e. The van der Waals surface area contributed by atoms with Gasteiger partial charge in [0.05, 0.1) is 0 Å². The highest BCUT2D eigenvalue weighted by atomic mass is 16.1. The van der Waals surface area contributed by atoms with E-state index in [-0.39, 0.29) is 17.2 Å². The van der Waals surface area contributed by atoms with Gasteiger partial charge in [0.1, 0.15) is 0 Å². The molecule has 1 unspecified atom stereocenters. The Morgan fingerprint density at radius 1 is 1.46 bits per heavy atom. The van der Waals surface area contributed by atoms with Crippen molar-refractivity contribution in [3.05, 3.63) is 0 Å². The van der Waals surface area contributed by atoms with Gasteiger partial charge in [0.15, 0.2) is 0 Å². The quantitative estimate of drug-likeness (QED) is 0.663. The molecule has 0 aliphatic heterocycles. The van der Waals surface area contributed by atoms with Crippen LogP contribution in [0.25, 0.3) is 0 Å². The zero-order valence-electron chi connectivity index (χ0n) is 9.18. The average Bonchev–Trinajstić information content (AvgIpc) is 2.02. The Kier molecular flexibility index (Phi) is 2.99. The van der Waals surface area contributed by atoms with Crippen LogP contribution in [-0.4, -0.2) is 13.0 Å². The molecular formula is C11H21NO. The molecule has 0 saturated heterocycles. The van der Waals surface area contributed by atoms with Gasteiger partial charge in [-0.15, -0.1) is 0 Å². The highest BCUT2D eigenvalue weighted by Gasteiger charge is 2.40. The zero-order chi connectivity index (χ0) is 10.1. The van der Waals surface area contributed by atoms with Crippen LogP contribution in [0, 0.1) is 17.3 Å². The summed E-state index contributed by atoms with van der Waals surface area (Å²) in [6.07, 6.45) is 3.64. The second-order valence-electron chi connectivity index (χ2n) is 4.95. The predicted octanol–water partition coefficient (Wildman–Crippen LogP) is 2.19. The van der Waals surface area contributed by atoms with Crippen LogP contribution < -0.4 is 5.32 Å². The van der Waals surface area contributed by atoms with Crippen molar-refractivity contribution in [3.63, 3.8) is 0 Å². The molecule has 1 fully saturated rings. The zero-order valence-corrected chi connectivity index (χ0v) is 9.18. The molecule has 1 aliphatic rings. The topological polar surface area (TPSA) is 29.1 Å². The first-order valence-corrected chi connectivity index (χ1v) is 5.20. The lowest BCUT2D eigenvalue weighted by Crippen LogP contribution is -2.43. The van der Waals surface area contributed by atoms with Gasteiger partial charge in [0.25, 0.3) is 0 Å². The summed E-state index contributed by atoms with van der Waals surface area (Å²) >= 11 is 0. The fourth-order valence-corrected chi connectivity index (χ4v) is 2.74. The van der Waals surface area contributed by atoms with E-state index in [0.29, 0.717) is 5.92 Å². The Morgan fingerprint density at radius 3 is 2.54 bits per heavy atom. The Hall–Kier alpha value is -0.530. The Labute approximate surface area is 81.1 Å². The molecule has 0 aromatic carbocycles. The third kappa shape index (κ3) is 2.04. The van der Waals surface area contributed by atoms with Crippen LogP contribution in [0.15, 0.2) is 0 Å². The van der Waals surface area contributed by atoms with E-state index in [1.807, 2.05) is 0 Å². The summed E-state index contributed by atoms with van der Waals surface area (Å²) in [4.78, 5) is 11.7. The van der Waals surface area contributed by atoms with Crippen LogP contribution in [0.1, 0.15) is 40.0 Å². The Bertz CT molecular complexity index is 198. The number of rotatable bonds is 1. The molecule has 1 rings (SSSR count). The molecule has 2 atom stereocenters. The van der Waals surface area contributed by atoms with Crippen molar-refractivity contribution in [1.82, 2.24) is 5.32 Å². The standard InChI is InChI=1S/C11H21NO/c1-8-6-5-7-11(2,3)9(8)10(13)12-4/h8-9H,5-7H2,1-4H3,(H,12,13)/t8-,9?/m0/s1. The van der Waals surface area contributed by atoms with E-state index in [0.717, 1.165) is 0 Å². The number of hydrogen-bond donors (Lipinski definition) is 1. The molecule has 1 amide bonds. The summed E-state index contributed by atoms with van der Waals surface area (Å²) < 4.78 is 0. The third-order valence-corrected chi connectivity index (χ3v) is 3.42. The van der Waals surface area contributed by atoms with E-state index in [2.05, 4.69) is 26.1 Å². The van der Waals surface area contributed by atoms with E-state index in [1.165, 1.54) is 19.3 Å². The summed E-state index contributed by atoms with van der Waals surface area (Å²) in [5, 5.41) is 2.78. The van der Waals surface area contributed by atoms with Gasteiger partial charge in [0.2, 0.25) is 5.91 Å². The summed E-state index contributed by atoms with van der Waals surface area (Å²) in [7, 11) is 1.74. The fourth-order valence-electron chi connectivity index (χ4n) is 2.74. The van der Waals surface area contributed by atoms with Crippen LogP contribution in [0.5, 0.6) is 0 Å². The first kappa shape index (κ1) is 10.6. The van der Waals surface area contributed by atoms with Crippen LogP contribution >= 0.6 is 0 Å². The van der Waals surface area contributed by atoms with Gasteiger partial charge in [-0.1, -0.05) is 27.2 Å². The predicted molar refractivity (Wildman–Crippen MR) is 54.4 cm³/mol. The molecular weight excluding hydrogens is 162 g/mol. The molecule has 0 radical (unpaired) electrons. The smallest absolute Gasteiger partial charge is 0.223 e.